The first-order valence-corrected chi connectivity index (χ1v) is 9.33. The van der Waals surface area contributed by atoms with Crippen LogP contribution in [0.5, 0.6) is 0 Å². The molecule has 5 nitrogen and oxygen atoms in total. The largest absolute Gasteiger partial charge is 0.449 e. The van der Waals surface area contributed by atoms with E-state index in [1.807, 2.05) is 79.7 Å². The number of fused-ring (bicyclic) bond motifs is 1. The number of carbonyl (C=O) groups is 2. The first-order valence-electron chi connectivity index (χ1n) is 9.33. The number of nitrogens with one attached hydrogen (secondary N) is 2. The van der Waals surface area contributed by atoms with Crippen LogP contribution >= 0.6 is 0 Å². The lowest BCUT2D eigenvalue weighted by atomic mass is 10.1. The zero-order valence-electron chi connectivity index (χ0n) is 15.9. The molecule has 0 bridgehead atoms. The number of rotatable bonds is 5. The number of carbonyl (C=O) groups excluding carboxylic acids is 2. The van der Waals surface area contributed by atoms with Gasteiger partial charge in [-0.05, 0) is 36.8 Å². The molecule has 0 aliphatic rings. The summed E-state index contributed by atoms with van der Waals surface area (Å²) in [4.78, 5) is 25.5. The lowest BCUT2D eigenvalue weighted by Crippen LogP contribution is -2.18. The molecule has 0 atom stereocenters. The van der Waals surface area contributed by atoms with Crippen LogP contribution in [0, 0.1) is 6.92 Å². The van der Waals surface area contributed by atoms with Crippen LogP contribution in [-0.4, -0.2) is 11.8 Å². The van der Waals surface area contributed by atoms with Gasteiger partial charge in [0.15, 0.2) is 0 Å². The van der Waals surface area contributed by atoms with Crippen molar-refractivity contribution < 1.29 is 14.0 Å². The standard InChI is InChI=1S/C24H20N2O3/c1-16-11-13-18(14-12-16)25-24(28)23-22(19-9-5-6-10-20(19)29-23)26-21(27)15-17-7-3-2-4-8-17/h2-14H,15H2,1H3,(H,25,28)(H,26,27). The van der Waals surface area contributed by atoms with Gasteiger partial charge >= 0.3 is 0 Å². The molecule has 0 spiro atoms. The van der Waals surface area contributed by atoms with E-state index in [2.05, 4.69) is 10.6 Å². The molecule has 5 heteroatoms. The minimum Gasteiger partial charge on any atom is -0.449 e. The second-order valence-electron chi connectivity index (χ2n) is 6.83. The van der Waals surface area contributed by atoms with Gasteiger partial charge in [0.25, 0.3) is 5.91 Å². The van der Waals surface area contributed by atoms with Crippen molar-refractivity contribution >= 4 is 34.2 Å². The van der Waals surface area contributed by atoms with E-state index in [9.17, 15) is 9.59 Å². The van der Waals surface area contributed by atoms with Crippen LogP contribution < -0.4 is 10.6 Å². The van der Waals surface area contributed by atoms with Crippen LogP contribution in [0.4, 0.5) is 11.4 Å². The van der Waals surface area contributed by atoms with Crippen molar-refractivity contribution in [1.82, 2.24) is 0 Å². The van der Waals surface area contributed by atoms with Crippen LogP contribution in [0.25, 0.3) is 11.0 Å². The molecule has 0 radical (unpaired) electrons. The number of hydrogen-bond acceptors (Lipinski definition) is 3. The molecular weight excluding hydrogens is 364 g/mol. The first-order chi connectivity index (χ1) is 14.1. The summed E-state index contributed by atoms with van der Waals surface area (Å²) in [5.74, 6) is -0.555. The first kappa shape index (κ1) is 18.5. The van der Waals surface area contributed by atoms with Gasteiger partial charge in [0.1, 0.15) is 11.3 Å². The fourth-order valence-corrected chi connectivity index (χ4v) is 3.12. The van der Waals surface area contributed by atoms with Gasteiger partial charge in [-0.3, -0.25) is 9.59 Å². The fraction of sp³-hybridized carbons (Fsp3) is 0.0833. The van der Waals surface area contributed by atoms with E-state index in [-0.39, 0.29) is 18.1 Å². The maximum atomic E-state index is 12.9. The average molecular weight is 384 g/mol. The Balaban J connectivity index is 1.62. The predicted molar refractivity (Wildman–Crippen MR) is 114 cm³/mol. The highest BCUT2D eigenvalue weighted by Gasteiger charge is 2.22. The lowest BCUT2D eigenvalue weighted by Gasteiger charge is -2.08. The Hall–Kier alpha value is -3.86. The van der Waals surface area contributed by atoms with Crippen molar-refractivity contribution in [3.8, 4) is 0 Å². The Kier molecular flexibility index (Phi) is 5.12. The molecule has 3 aromatic carbocycles. The molecule has 144 valence electrons. The molecule has 1 aromatic heterocycles. The highest BCUT2D eigenvalue weighted by atomic mass is 16.3. The summed E-state index contributed by atoms with van der Waals surface area (Å²) >= 11 is 0. The lowest BCUT2D eigenvalue weighted by molar-refractivity contribution is -0.115. The summed E-state index contributed by atoms with van der Waals surface area (Å²) in [6.45, 7) is 1.98. The Morgan fingerprint density at radius 1 is 0.828 bits per heavy atom. The van der Waals surface area contributed by atoms with Crippen LogP contribution in [0.3, 0.4) is 0 Å². The van der Waals surface area contributed by atoms with Gasteiger partial charge in [0.05, 0.1) is 6.42 Å². The zero-order valence-corrected chi connectivity index (χ0v) is 15.9. The quantitative estimate of drug-likeness (QED) is 0.498. The number of hydrogen-bond donors (Lipinski definition) is 2. The van der Waals surface area contributed by atoms with E-state index < -0.39 is 5.91 Å². The van der Waals surface area contributed by atoms with Crippen molar-refractivity contribution in [1.29, 1.82) is 0 Å². The van der Waals surface area contributed by atoms with Crippen LogP contribution in [-0.2, 0) is 11.2 Å². The summed E-state index contributed by atoms with van der Waals surface area (Å²) < 4.78 is 5.78. The molecule has 0 aliphatic carbocycles. The molecule has 0 saturated carbocycles. The molecular formula is C24H20N2O3. The van der Waals surface area contributed by atoms with Crippen LogP contribution in [0.2, 0.25) is 0 Å². The molecule has 0 aliphatic heterocycles. The second kappa shape index (κ2) is 8.02. The van der Waals surface area contributed by atoms with E-state index >= 15 is 0 Å². The molecule has 29 heavy (non-hydrogen) atoms. The third-order valence-corrected chi connectivity index (χ3v) is 4.58. The molecule has 1 heterocycles. The Labute approximate surface area is 168 Å². The summed E-state index contributed by atoms with van der Waals surface area (Å²) in [5, 5.41) is 6.37. The summed E-state index contributed by atoms with van der Waals surface area (Å²) in [5.41, 5.74) is 3.56. The van der Waals surface area contributed by atoms with Gasteiger partial charge in [-0.15, -0.1) is 0 Å². The number of para-hydroxylation sites is 1. The van der Waals surface area contributed by atoms with Gasteiger partial charge in [-0.25, -0.2) is 0 Å². The molecule has 2 amide bonds. The molecule has 0 saturated heterocycles. The molecule has 4 rings (SSSR count). The van der Waals surface area contributed by atoms with Gasteiger partial charge < -0.3 is 15.1 Å². The van der Waals surface area contributed by atoms with Crippen molar-refractivity contribution in [2.24, 2.45) is 0 Å². The smallest absolute Gasteiger partial charge is 0.293 e. The van der Waals surface area contributed by atoms with Crippen molar-refractivity contribution in [3.05, 3.63) is 95.7 Å². The van der Waals surface area contributed by atoms with Crippen molar-refractivity contribution in [3.63, 3.8) is 0 Å². The minimum atomic E-state index is -0.417. The maximum absolute atomic E-state index is 12.9. The topological polar surface area (TPSA) is 71.3 Å². The highest BCUT2D eigenvalue weighted by molar-refractivity contribution is 6.14. The average Bonchev–Trinajstić information content (AvgIpc) is 3.09. The number of furan rings is 1. The van der Waals surface area contributed by atoms with Gasteiger partial charge in [-0.1, -0.05) is 60.2 Å². The number of anilines is 2. The van der Waals surface area contributed by atoms with E-state index in [1.54, 1.807) is 6.07 Å². The van der Waals surface area contributed by atoms with E-state index in [0.717, 1.165) is 11.1 Å². The molecule has 2 N–H and O–H groups in total. The van der Waals surface area contributed by atoms with E-state index in [0.29, 0.717) is 22.3 Å². The Bertz CT molecular complexity index is 1160. The normalized spacial score (nSPS) is 10.7. The highest BCUT2D eigenvalue weighted by Crippen LogP contribution is 2.31. The maximum Gasteiger partial charge on any atom is 0.293 e. The van der Waals surface area contributed by atoms with Gasteiger partial charge in [0, 0.05) is 11.1 Å². The molecule has 0 unspecified atom stereocenters. The Morgan fingerprint density at radius 2 is 1.52 bits per heavy atom. The number of aryl methyl sites for hydroxylation is 1. The van der Waals surface area contributed by atoms with Crippen LogP contribution in [0.15, 0.2) is 83.3 Å². The number of amides is 2. The second-order valence-corrected chi connectivity index (χ2v) is 6.83. The van der Waals surface area contributed by atoms with Crippen molar-refractivity contribution in [2.45, 2.75) is 13.3 Å². The van der Waals surface area contributed by atoms with Crippen LogP contribution in [0.1, 0.15) is 21.7 Å². The zero-order chi connectivity index (χ0) is 20.2. The predicted octanol–water partition coefficient (Wildman–Crippen LogP) is 5.17. The number of benzene rings is 3. The fourth-order valence-electron chi connectivity index (χ4n) is 3.12. The SMILES string of the molecule is Cc1ccc(NC(=O)c2oc3ccccc3c2NC(=O)Cc2ccccc2)cc1. The van der Waals surface area contributed by atoms with Gasteiger partial charge in [0.2, 0.25) is 11.7 Å². The Morgan fingerprint density at radius 3 is 2.28 bits per heavy atom. The monoisotopic (exact) mass is 384 g/mol. The molecule has 0 fully saturated rings. The third kappa shape index (κ3) is 4.19. The van der Waals surface area contributed by atoms with E-state index in [4.69, 9.17) is 4.42 Å². The van der Waals surface area contributed by atoms with Crippen molar-refractivity contribution in [2.75, 3.05) is 10.6 Å². The minimum absolute atomic E-state index is 0.0770. The summed E-state index contributed by atoms with van der Waals surface area (Å²) in [7, 11) is 0. The van der Waals surface area contributed by atoms with E-state index in [1.165, 1.54) is 0 Å². The third-order valence-electron chi connectivity index (χ3n) is 4.58. The molecule has 4 aromatic rings. The summed E-state index contributed by atoms with van der Waals surface area (Å²) in [6.07, 6.45) is 0.208. The van der Waals surface area contributed by atoms with Gasteiger partial charge in [-0.2, -0.15) is 0 Å². The summed E-state index contributed by atoms with van der Waals surface area (Å²) in [6, 6.07) is 24.2.